The lowest BCUT2D eigenvalue weighted by atomic mass is 10.2. The van der Waals surface area contributed by atoms with Crippen LogP contribution in [0.1, 0.15) is 32.1 Å². The number of hydrogen-bond donors (Lipinski definition) is 0. The quantitative estimate of drug-likeness (QED) is 0.294. The molecule has 1 aliphatic rings. The summed E-state index contributed by atoms with van der Waals surface area (Å²) in [5.74, 6) is 1.26. The summed E-state index contributed by atoms with van der Waals surface area (Å²) in [5.41, 5.74) is 0. The minimum absolute atomic E-state index is 0.154. The fourth-order valence-corrected chi connectivity index (χ4v) is 1.34. The van der Waals surface area contributed by atoms with Gasteiger partial charge in [0.15, 0.2) is 11.6 Å². The van der Waals surface area contributed by atoms with Gasteiger partial charge in [0, 0.05) is 25.7 Å². The maximum Gasteiger partial charge on any atom is 0.306 e. The van der Waals surface area contributed by atoms with Gasteiger partial charge >= 0.3 is 5.97 Å². The summed E-state index contributed by atoms with van der Waals surface area (Å²) in [6.45, 7) is 0. The Kier molecular flexibility index (Phi) is 4.04. The molecular weight excluding hydrogens is 196 g/mol. The second-order valence-corrected chi connectivity index (χ2v) is 3.36. The van der Waals surface area contributed by atoms with E-state index in [4.69, 9.17) is 11.2 Å². The molecule has 0 spiro atoms. The van der Waals surface area contributed by atoms with Crippen LogP contribution in [0.15, 0.2) is 0 Å². The van der Waals surface area contributed by atoms with Gasteiger partial charge < -0.3 is 4.74 Å². The number of terminal acetylenes is 1. The number of esters is 1. The van der Waals surface area contributed by atoms with Crippen LogP contribution in [0.5, 0.6) is 0 Å². The molecule has 1 aliphatic carbocycles. The molecule has 4 heteroatoms. The highest BCUT2D eigenvalue weighted by Gasteiger charge is 2.35. The monoisotopic (exact) mass is 208 g/mol. The van der Waals surface area contributed by atoms with E-state index in [1.165, 1.54) is 0 Å². The third kappa shape index (κ3) is 3.21. The van der Waals surface area contributed by atoms with Crippen molar-refractivity contribution in [1.29, 1.82) is 0 Å². The molecule has 0 N–H and O–H groups in total. The smallest absolute Gasteiger partial charge is 0.306 e. The SMILES string of the molecule is C#CCCCC(=O)OC1C(=O)CCC1=O. The standard InChI is InChI=1S/C11H12O4/c1-2-3-4-5-10(14)15-11-8(12)6-7-9(11)13/h1,11H,3-7H2. The summed E-state index contributed by atoms with van der Waals surface area (Å²) >= 11 is 0. The largest absolute Gasteiger partial charge is 0.446 e. The summed E-state index contributed by atoms with van der Waals surface area (Å²) in [4.78, 5) is 33.4. The number of ether oxygens (including phenoxy) is 1. The molecule has 80 valence electrons. The third-order valence-corrected chi connectivity index (χ3v) is 2.15. The predicted octanol–water partition coefficient (Wildman–Crippen LogP) is 0.634. The van der Waals surface area contributed by atoms with Crippen LogP contribution in [0.2, 0.25) is 0 Å². The number of hydrogen-bond acceptors (Lipinski definition) is 4. The van der Waals surface area contributed by atoms with Gasteiger partial charge in [-0.2, -0.15) is 0 Å². The van der Waals surface area contributed by atoms with Crippen LogP contribution >= 0.6 is 0 Å². The fraction of sp³-hybridized carbons (Fsp3) is 0.545. The van der Waals surface area contributed by atoms with Gasteiger partial charge in [0.05, 0.1) is 0 Å². The van der Waals surface area contributed by atoms with Gasteiger partial charge in [-0.25, -0.2) is 0 Å². The van der Waals surface area contributed by atoms with E-state index in [1.807, 2.05) is 0 Å². The average Bonchev–Trinajstić information content (AvgIpc) is 2.50. The van der Waals surface area contributed by atoms with Crippen LogP contribution in [0, 0.1) is 12.3 Å². The number of unbranched alkanes of at least 4 members (excludes halogenated alkanes) is 1. The van der Waals surface area contributed by atoms with E-state index in [1.54, 1.807) is 0 Å². The number of ketones is 2. The Morgan fingerprint density at radius 1 is 1.40 bits per heavy atom. The van der Waals surface area contributed by atoms with E-state index < -0.39 is 12.1 Å². The Labute approximate surface area is 88.0 Å². The zero-order valence-corrected chi connectivity index (χ0v) is 8.32. The van der Waals surface area contributed by atoms with Crippen molar-refractivity contribution in [2.24, 2.45) is 0 Å². The third-order valence-electron chi connectivity index (χ3n) is 2.15. The molecule has 0 aromatic rings. The first kappa shape index (κ1) is 11.4. The van der Waals surface area contributed by atoms with Crippen LogP contribution in [0.25, 0.3) is 0 Å². The van der Waals surface area contributed by atoms with E-state index in [2.05, 4.69) is 5.92 Å². The summed E-state index contributed by atoms with van der Waals surface area (Å²) in [6, 6.07) is 0. The summed E-state index contributed by atoms with van der Waals surface area (Å²) in [5, 5.41) is 0. The Morgan fingerprint density at radius 3 is 2.53 bits per heavy atom. The van der Waals surface area contributed by atoms with E-state index in [0.29, 0.717) is 12.8 Å². The van der Waals surface area contributed by atoms with E-state index in [-0.39, 0.29) is 30.8 Å². The number of rotatable bonds is 4. The lowest BCUT2D eigenvalue weighted by molar-refractivity contribution is -0.157. The molecule has 0 unspecified atom stereocenters. The molecule has 15 heavy (non-hydrogen) atoms. The summed E-state index contributed by atoms with van der Waals surface area (Å²) in [6.07, 6.45) is 5.39. The zero-order valence-electron chi connectivity index (χ0n) is 8.32. The normalized spacial score (nSPS) is 16.5. The predicted molar refractivity (Wildman–Crippen MR) is 51.8 cm³/mol. The van der Waals surface area contributed by atoms with Crippen molar-refractivity contribution in [3.05, 3.63) is 0 Å². The van der Waals surface area contributed by atoms with Crippen molar-refractivity contribution >= 4 is 17.5 Å². The minimum Gasteiger partial charge on any atom is -0.446 e. The first-order valence-electron chi connectivity index (χ1n) is 4.83. The second-order valence-electron chi connectivity index (χ2n) is 3.36. The maximum atomic E-state index is 11.2. The number of carbonyl (C=O) groups excluding carboxylic acids is 3. The second kappa shape index (κ2) is 5.30. The van der Waals surface area contributed by atoms with Crippen molar-refractivity contribution in [3.63, 3.8) is 0 Å². The van der Waals surface area contributed by atoms with E-state index >= 15 is 0 Å². The van der Waals surface area contributed by atoms with Crippen LogP contribution in [-0.4, -0.2) is 23.6 Å². The van der Waals surface area contributed by atoms with Crippen LogP contribution < -0.4 is 0 Å². The summed E-state index contributed by atoms with van der Waals surface area (Å²) in [7, 11) is 0. The van der Waals surface area contributed by atoms with Crippen LogP contribution in [0.3, 0.4) is 0 Å². The zero-order chi connectivity index (χ0) is 11.3. The molecule has 0 bridgehead atoms. The van der Waals surface area contributed by atoms with Crippen molar-refractivity contribution in [1.82, 2.24) is 0 Å². The van der Waals surface area contributed by atoms with Crippen molar-refractivity contribution in [2.45, 2.75) is 38.2 Å². The molecule has 0 aromatic carbocycles. The fourth-order valence-electron chi connectivity index (χ4n) is 1.34. The van der Waals surface area contributed by atoms with Crippen molar-refractivity contribution < 1.29 is 19.1 Å². The molecule has 1 fully saturated rings. The first-order chi connectivity index (χ1) is 7.15. The molecule has 0 heterocycles. The topological polar surface area (TPSA) is 60.4 Å². The van der Waals surface area contributed by atoms with Gasteiger partial charge in [-0.3, -0.25) is 14.4 Å². The highest BCUT2D eigenvalue weighted by atomic mass is 16.5. The van der Waals surface area contributed by atoms with E-state index in [0.717, 1.165) is 0 Å². The molecule has 4 nitrogen and oxygen atoms in total. The average molecular weight is 208 g/mol. The molecule has 0 saturated heterocycles. The molecule has 0 aromatic heterocycles. The Morgan fingerprint density at radius 2 is 2.00 bits per heavy atom. The Bertz CT molecular complexity index is 308. The highest BCUT2D eigenvalue weighted by Crippen LogP contribution is 2.15. The maximum absolute atomic E-state index is 11.2. The highest BCUT2D eigenvalue weighted by molar-refractivity contribution is 6.12. The number of Topliss-reactive ketones (excluding diaryl/α,β-unsaturated/α-hetero) is 2. The first-order valence-corrected chi connectivity index (χ1v) is 4.83. The molecule has 0 radical (unpaired) electrons. The summed E-state index contributed by atoms with van der Waals surface area (Å²) < 4.78 is 4.78. The van der Waals surface area contributed by atoms with Gasteiger partial charge in [-0.05, 0) is 6.42 Å². The van der Waals surface area contributed by atoms with Gasteiger partial charge in [-0.1, -0.05) is 0 Å². The molecule has 0 aliphatic heterocycles. The van der Waals surface area contributed by atoms with Gasteiger partial charge in [0.2, 0.25) is 6.10 Å². The Balaban J connectivity index is 2.34. The molecular formula is C11H12O4. The van der Waals surface area contributed by atoms with Gasteiger partial charge in [0.1, 0.15) is 0 Å². The van der Waals surface area contributed by atoms with E-state index in [9.17, 15) is 14.4 Å². The lowest BCUT2D eigenvalue weighted by Gasteiger charge is -2.08. The van der Waals surface area contributed by atoms with Crippen molar-refractivity contribution in [2.75, 3.05) is 0 Å². The number of carbonyl (C=O) groups is 3. The van der Waals surface area contributed by atoms with Crippen LogP contribution in [0.4, 0.5) is 0 Å². The Hall–Kier alpha value is -1.63. The molecule has 0 amide bonds. The van der Waals surface area contributed by atoms with Gasteiger partial charge in [0.25, 0.3) is 0 Å². The molecule has 1 rings (SSSR count). The van der Waals surface area contributed by atoms with Crippen molar-refractivity contribution in [3.8, 4) is 12.3 Å². The molecule has 0 atom stereocenters. The minimum atomic E-state index is -1.15. The molecule has 1 saturated carbocycles. The van der Waals surface area contributed by atoms with Gasteiger partial charge in [-0.15, -0.1) is 12.3 Å². The van der Waals surface area contributed by atoms with Crippen LogP contribution in [-0.2, 0) is 19.1 Å². The lowest BCUT2D eigenvalue weighted by Crippen LogP contribution is -2.28.